The molecule has 0 aliphatic heterocycles. The lowest BCUT2D eigenvalue weighted by molar-refractivity contribution is 0.0635. The van der Waals surface area contributed by atoms with Crippen LogP contribution in [0.2, 0.25) is 0 Å². The lowest BCUT2D eigenvalue weighted by Crippen LogP contribution is -2.41. The van der Waals surface area contributed by atoms with Gasteiger partial charge in [0.1, 0.15) is 5.60 Å². The summed E-state index contributed by atoms with van der Waals surface area (Å²) >= 11 is 0. The van der Waals surface area contributed by atoms with Crippen LogP contribution in [0.5, 0.6) is 0 Å². The first kappa shape index (κ1) is 20.9. The zero-order valence-corrected chi connectivity index (χ0v) is 17.3. The van der Waals surface area contributed by atoms with Gasteiger partial charge < -0.3 is 9.30 Å². The van der Waals surface area contributed by atoms with Crippen molar-refractivity contribution < 1.29 is 19.1 Å². The highest BCUT2D eigenvalue weighted by Gasteiger charge is 2.17. The summed E-state index contributed by atoms with van der Waals surface area (Å²) < 4.78 is 7.03. The third kappa shape index (κ3) is 4.96. The van der Waals surface area contributed by atoms with Gasteiger partial charge in [0.2, 0.25) is 0 Å². The first-order valence-corrected chi connectivity index (χ1v) is 9.39. The fraction of sp³-hybridized carbons (Fsp3) is 0.227. The molecular weight excluding hydrogens is 384 g/mol. The van der Waals surface area contributed by atoms with Crippen molar-refractivity contribution in [1.82, 2.24) is 15.4 Å². The molecule has 3 rings (SSSR count). The average molecular weight is 408 g/mol. The number of fused-ring (bicyclic) bond motifs is 1. The molecule has 0 saturated carbocycles. The standard InChI is InChI=1S/C22H24N4O4/c1-22(2,3)30-21(29)23-15-11-9-14(10-12-15)19(27)24-25-20(28)17-13-26(4)18-8-6-5-7-16(17)18/h5-13H,1-4H3,(H,23,29)(H,24,27)(H,25,28). The van der Waals surface area contributed by atoms with Crippen LogP contribution in [-0.2, 0) is 11.8 Å². The van der Waals surface area contributed by atoms with E-state index in [1.807, 2.05) is 35.9 Å². The molecule has 0 aliphatic carbocycles. The number of para-hydroxylation sites is 1. The number of amides is 3. The molecule has 0 bridgehead atoms. The average Bonchev–Trinajstić information content (AvgIpc) is 3.02. The third-order valence-corrected chi connectivity index (χ3v) is 4.22. The molecule has 0 aliphatic rings. The van der Waals surface area contributed by atoms with Gasteiger partial charge in [-0.25, -0.2) is 4.79 Å². The highest BCUT2D eigenvalue weighted by molar-refractivity contribution is 6.08. The summed E-state index contributed by atoms with van der Waals surface area (Å²) in [5.74, 6) is -0.893. The van der Waals surface area contributed by atoms with Gasteiger partial charge in [0.25, 0.3) is 11.8 Å². The number of benzene rings is 2. The molecule has 8 nitrogen and oxygen atoms in total. The lowest BCUT2D eigenvalue weighted by atomic mass is 10.1. The predicted molar refractivity (Wildman–Crippen MR) is 114 cm³/mol. The molecule has 0 fully saturated rings. The Morgan fingerprint density at radius 3 is 2.20 bits per heavy atom. The van der Waals surface area contributed by atoms with E-state index < -0.39 is 23.5 Å². The van der Waals surface area contributed by atoms with Gasteiger partial charge in [0.05, 0.1) is 5.56 Å². The van der Waals surface area contributed by atoms with Crippen LogP contribution in [0, 0.1) is 0 Å². The van der Waals surface area contributed by atoms with E-state index in [1.165, 1.54) is 12.1 Å². The van der Waals surface area contributed by atoms with Gasteiger partial charge in [0.15, 0.2) is 0 Å². The minimum absolute atomic E-state index is 0.322. The van der Waals surface area contributed by atoms with Crippen LogP contribution in [0.1, 0.15) is 41.5 Å². The van der Waals surface area contributed by atoms with Crippen molar-refractivity contribution in [2.45, 2.75) is 26.4 Å². The third-order valence-electron chi connectivity index (χ3n) is 4.22. The van der Waals surface area contributed by atoms with Gasteiger partial charge in [-0.05, 0) is 51.1 Å². The number of anilines is 1. The van der Waals surface area contributed by atoms with Gasteiger partial charge in [-0.1, -0.05) is 18.2 Å². The van der Waals surface area contributed by atoms with Crippen molar-refractivity contribution in [3.05, 3.63) is 65.9 Å². The number of hydrogen-bond donors (Lipinski definition) is 3. The highest BCUT2D eigenvalue weighted by Crippen LogP contribution is 2.20. The quantitative estimate of drug-likeness (QED) is 0.576. The van der Waals surface area contributed by atoms with Gasteiger partial charge in [0, 0.05) is 35.4 Å². The van der Waals surface area contributed by atoms with Crippen LogP contribution >= 0.6 is 0 Å². The number of carbonyl (C=O) groups excluding carboxylic acids is 3. The molecule has 0 radical (unpaired) electrons. The Kier molecular flexibility index (Phi) is 5.77. The maximum Gasteiger partial charge on any atom is 0.412 e. The van der Waals surface area contributed by atoms with Crippen LogP contribution in [0.15, 0.2) is 54.7 Å². The SMILES string of the molecule is Cn1cc(C(=O)NNC(=O)c2ccc(NC(=O)OC(C)(C)C)cc2)c2ccccc21. The van der Waals surface area contributed by atoms with Crippen LogP contribution < -0.4 is 16.2 Å². The second-order valence-electron chi connectivity index (χ2n) is 7.78. The molecular formula is C22H24N4O4. The van der Waals surface area contributed by atoms with Crippen molar-refractivity contribution in [1.29, 1.82) is 0 Å². The summed E-state index contributed by atoms with van der Waals surface area (Å²) in [7, 11) is 1.85. The molecule has 0 saturated heterocycles. The number of carbonyl (C=O) groups is 3. The van der Waals surface area contributed by atoms with Crippen LogP contribution in [0.25, 0.3) is 10.9 Å². The number of aryl methyl sites for hydroxylation is 1. The first-order valence-electron chi connectivity index (χ1n) is 9.39. The Bertz CT molecular complexity index is 1090. The van der Waals surface area contributed by atoms with E-state index in [9.17, 15) is 14.4 Å². The van der Waals surface area contributed by atoms with Gasteiger partial charge in [-0.2, -0.15) is 0 Å². The molecule has 0 spiro atoms. The Morgan fingerprint density at radius 1 is 0.900 bits per heavy atom. The highest BCUT2D eigenvalue weighted by atomic mass is 16.6. The fourth-order valence-corrected chi connectivity index (χ4v) is 2.90. The Hall–Kier alpha value is -3.81. The van der Waals surface area contributed by atoms with E-state index in [-0.39, 0.29) is 0 Å². The van der Waals surface area contributed by atoms with E-state index in [0.717, 1.165) is 10.9 Å². The van der Waals surface area contributed by atoms with E-state index in [4.69, 9.17) is 4.74 Å². The topological polar surface area (TPSA) is 101 Å². The zero-order chi connectivity index (χ0) is 21.9. The normalized spacial score (nSPS) is 11.1. The smallest absolute Gasteiger partial charge is 0.412 e. The predicted octanol–water partition coefficient (Wildman–Crippen LogP) is 3.60. The molecule has 1 aromatic heterocycles. The molecule has 0 unspecified atom stereocenters. The van der Waals surface area contributed by atoms with Crippen molar-refractivity contribution >= 4 is 34.5 Å². The van der Waals surface area contributed by atoms with Crippen molar-refractivity contribution in [3.8, 4) is 0 Å². The van der Waals surface area contributed by atoms with Crippen molar-refractivity contribution in [3.63, 3.8) is 0 Å². The molecule has 3 aromatic rings. The molecule has 0 atom stereocenters. The number of hydrazine groups is 1. The number of nitrogens with zero attached hydrogens (tertiary/aromatic N) is 1. The second kappa shape index (κ2) is 8.28. The van der Waals surface area contributed by atoms with Crippen LogP contribution in [-0.4, -0.2) is 28.1 Å². The molecule has 156 valence electrons. The molecule has 2 aromatic carbocycles. The minimum atomic E-state index is -0.605. The zero-order valence-electron chi connectivity index (χ0n) is 17.3. The van der Waals surface area contributed by atoms with E-state index in [2.05, 4.69) is 16.2 Å². The van der Waals surface area contributed by atoms with E-state index in [0.29, 0.717) is 16.8 Å². The van der Waals surface area contributed by atoms with E-state index >= 15 is 0 Å². The fourth-order valence-electron chi connectivity index (χ4n) is 2.90. The molecule has 1 heterocycles. The molecule has 3 amide bonds. The summed E-state index contributed by atoms with van der Waals surface area (Å²) in [4.78, 5) is 36.6. The van der Waals surface area contributed by atoms with Gasteiger partial charge >= 0.3 is 6.09 Å². The Balaban J connectivity index is 1.59. The first-order chi connectivity index (χ1) is 14.1. The minimum Gasteiger partial charge on any atom is -0.444 e. The number of ether oxygens (including phenoxy) is 1. The van der Waals surface area contributed by atoms with Crippen LogP contribution in [0.3, 0.4) is 0 Å². The van der Waals surface area contributed by atoms with Gasteiger partial charge in [-0.3, -0.25) is 25.8 Å². The summed E-state index contributed by atoms with van der Waals surface area (Å²) in [5.41, 5.74) is 6.42. The summed E-state index contributed by atoms with van der Waals surface area (Å²) in [6.45, 7) is 5.31. The van der Waals surface area contributed by atoms with Crippen molar-refractivity contribution in [2.24, 2.45) is 7.05 Å². The number of rotatable bonds is 3. The molecule has 3 N–H and O–H groups in total. The maximum absolute atomic E-state index is 12.5. The van der Waals surface area contributed by atoms with Crippen molar-refractivity contribution in [2.75, 3.05) is 5.32 Å². The summed E-state index contributed by atoms with van der Waals surface area (Å²) in [6.07, 6.45) is 1.13. The summed E-state index contributed by atoms with van der Waals surface area (Å²) in [5, 5.41) is 3.39. The molecule has 8 heteroatoms. The Labute approximate surface area is 174 Å². The molecule has 30 heavy (non-hydrogen) atoms. The largest absolute Gasteiger partial charge is 0.444 e. The Morgan fingerprint density at radius 2 is 1.53 bits per heavy atom. The maximum atomic E-state index is 12.5. The van der Waals surface area contributed by atoms with E-state index in [1.54, 1.807) is 39.1 Å². The number of aromatic nitrogens is 1. The lowest BCUT2D eigenvalue weighted by Gasteiger charge is -2.19. The monoisotopic (exact) mass is 408 g/mol. The number of hydrogen-bond acceptors (Lipinski definition) is 4. The van der Waals surface area contributed by atoms with Crippen LogP contribution in [0.4, 0.5) is 10.5 Å². The van der Waals surface area contributed by atoms with Gasteiger partial charge in [-0.15, -0.1) is 0 Å². The summed E-state index contributed by atoms with van der Waals surface area (Å²) in [6, 6.07) is 13.7. The second-order valence-corrected chi connectivity index (χ2v) is 7.78. The number of nitrogens with one attached hydrogen (secondary N) is 3.